The molecule has 27 heavy (non-hydrogen) atoms. The van der Waals surface area contributed by atoms with Gasteiger partial charge in [0.05, 0.1) is 17.5 Å². The van der Waals surface area contributed by atoms with E-state index in [-0.39, 0.29) is 4.90 Å². The molecule has 1 aromatic heterocycles. The Morgan fingerprint density at radius 3 is 2.15 bits per heavy atom. The van der Waals surface area contributed by atoms with Crippen molar-refractivity contribution in [3.05, 3.63) is 85.1 Å². The average molecular weight is 379 g/mol. The molecule has 0 N–H and O–H groups in total. The SMILES string of the molecule is COc1ccc(Oc2ccc3ccn(S(=O)(=O)c4ccccc4)c3c2)cc1. The number of methoxy groups -OCH3 is 1. The zero-order valence-electron chi connectivity index (χ0n) is 14.6. The second-order valence-electron chi connectivity index (χ2n) is 5.93. The largest absolute Gasteiger partial charge is 0.497 e. The van der Waals surface area contributed by atoms with Gasteiger partial charge in [-0.05, 0) is 54.6 Å². The van der Waals surface area contributed by atoms with Crippen LogP contribution in [0, 0.1) is 0 Å². The quantitative estimate of drug-likeness (QED) is 0.505. The van der Waals surface area contributed by atoms with E-state index in [9.17, 15) is 8.42 Å². The van der Waals surface area contributed by atoms with Gasteiger partial charge in [-0.2, -0.15) is 0 Å². The number of fused-ring (bicyclic) bond motifs is 1. The first-order chi connectivity index (χ1) is 13.1. The summed E-state index contributed by atoms with van der Waals surface area (Å²) >= 11 is 0. The molecule has 5 nitrogen and oxygen atoms in total. The Bertz CT molecular complexity index is 1180. The van der Waals surface area contributed by atoms with E-state index < -0.39 is 10.0 Å². The van der Waals surface area contributed by atoms with Crippen LogP contribution in [0.5, 0.6) is 17.2 Å². The molecule has 0 aliphatic heterocycles. The summed E-state index contributed by atoms with van der Waals surface area (Å²) in [6.07, 6.45) is 1.56. The highest BCUT2D eigenvalue weighted by atomic mass is 32.2. The van der Waals surface area contributed by atoms with Gasteiger partial charge in [0.1, 0.15) is 17.2 Å². The predicted octanol–water partition coefficient (Wildman–Crippen LogP) is 4.68. The number of benzene rings is 3. The van der Waals surface area contributed by atoms with E-state index in [2.05, 4.69) is 0 Å². The Labute approximate surface area is 157 Å². The van der Waals surface area contributed by atoms with E-state index >= 15 is 0 Å². The molecular weight excluding hydrogens is 362 g/mol. The summed E-state index contributed by atoms with van der Waals surface area (Å²) in [7, 11) is -2.07. The minimum Gasteiger partial charge on any atom is -0.497 e. The third kappa shape index (κ3) is 3.27. The van der Waals surface area contributed by atoms with Crippen molar-refractivity contribution in [3.8, 4) is 17.2 Å². The van der Waals surface area contributed by atoms with E-state index in [0.29, 0.717) is 17.0 Å². The molecule has 0 unspecified atom stereocenters. The van der Waals surface area contributed by atoms with Gasteiger partial charge in [-0.3, -0.25) is 0 Å². The van der Waals surface area contributed by atoms with Crippen molar-refractivity contribution < 1.29 is 17.9 Å². The molecule has 0 radical (unpaired) electrons. The van der Waals surface area contributed by atoms with Gasteiger partial charge in [-0.1, -0.05) is 18.2 Å². The number of hydrogen-bond donors (Lipinski definition) is 0. The molecule has 0 aliphatic rings. The van der Waals surface area contributed by atoms with Crippen LogP contribution in [0.4, 0.5) is 0 Å². The van der Waals surface area contributed by atoms with E-state index in [1.54, 1.807) is 80.0 Å². The van der Waals surface area contributed by atoms with Gasteiger partial charge in [0.15, 0.2) is 0 Å². The highest BCUT2D eigenvalue weighted by Crippen LogP contribution is 2.29. The monoisotopic (exact) mass is 379 g/mol. The van der Waals surface area contributed by atoms with Crippen LogP contribution >= 0.6 is 0 Å². The van der Waals surface area contributed by atoms with E-state index in [1.165, 1.54) is 3.97 Å². The molecule has 0 atom stereocenters. The Balaban J connectivity index is 1.73. The molecule has 0 fully saturated rings. The highest BCUT2D eigenvalue weighted by Gasteiger charge is 2.18. The molecule has 0 aliphatic carbocycles. The predicted molar refractivity (Wildman–Crippen MR) is 104 cm³/mol. The maximum Gasteiger partial charge on any atom is 0.268 e. The highest BCUT2D eigenvalue weighted by molar-refractivity contribution is 7.90. The van der Waals surface area contributed by atoms with Crippen LogP contribution in [0.25, 0.3) is 10.9 Å². The summed E-state index contributed by atoms with van der Waals surface area (Å²) in [5.74, 6) is 1.93. The molecule has 0 spiro atoms. The Kier molecular flexibility index (Phi) is 4.33. The van der Waals surface area contributed by atoms with Crippen molar-refractivity contribution in [2.75, 3.05) is 7.11 Å². The van der Waals surface area contributed by atoms with Gasteiger partial charge in [-0.15, -0.1) is 0 Å². The third-order valence-corrected chi connectivity index (χ3v) is 5.93. The second kappa shape index (κ2) is 6.81. The molecule has 4 rings (SSSR count). The normalized spacial score (nSPS) is 11.4. The average Bonchev–Trinajstić information content (AvgIpc) is 3.13. The fraction of sp³-hybridized carbons (Fsp3) is 0.0476. The number of nitrogens with zero attached hydrogens (tertiary/aromatic N) is 1. The number of rotatable bonds is 5. The van der Waals surface area contributed by atoms with Gasteiger partial charge >= 0.3 is 0 Å². The molecule has 0 amide bonds. The van der Waals surface area contributed by atoms with Crippen molar-refractivity contribution in [2.45, 2.75) is 4.90 Å². The molecule has 136 valence electrons. The standard InChI is InChI=1S/C21H17NO4S/c1-25-17-9-11-18(12-10-17)26-19-8-7-16-13-14-22(21(16)15-19)27(23,24)20-5-3-2-4-6-20/h2-15H,1H3. The fourth-order valence-corrected chi connectivity index (χ4v) is 4.21. The van der Waals surface area contributed by atoms with E-state index in [1.807, 2.05) is 12.1 Å². The van der Waals surface area contributed by atoms with Crippen LogP contribution in [-0.4, -0.2) is 19.5 Å². The third-order valence-electron chi connectivity index (χ3n) is 4.22. The smallest absolute Gasteiger partial charge is 0.268 e. The molecule has 0 bridgehead atoms. The second-order valence-corrected chi connectivity index (χ2v) is 7.74. The van der Waals surface area contributed by atoms with Crippen LogP contribution in [0.1, 0.15) is 0 Å². The summed E-state index contributed by atoms with van der Waals surface area (Å²) in [5.41, 5.74) is 0.560. The number of hydrogen-bond acceptors (Lipinski definition) is 4. The van der Waals surface area contributed by atoms with Gasteiger partial charge in [0, 0.05) is 17.6 Å². The molecule has 0 saturated heterocycles. The summed E-state index contributed by atoms with van der Waals surface area (Å²) in [5, 5.41) is 0.816. The van der Waals surface area contributed by atoms with Crippen LogP contribution in [0.3, 0.4) is 0 Å². The molecule has 6 heteroatoms. The summed E-state index contributed by atoms with van der Waals surface area (Å²) in [6.45, 7) is 0. The lowest BCUT2D eigenvalue weighted by Crippen LogP contribution is -2.11. The van der Waals surface area contributed by atoms with Crippen LogP contribution in [-0.2, 0) is 10.0 Å². The fourth-order valence-electron chi connectivity index (χ4n) is 2.84. The van der Waals surface area contributed by atoms with Crippen molar-refractivity contribution in [3.63, 3.8) is 0 Å². The Hall–Kier alpha value is -3.25. The minimum absolute atomic E-state index is 0.240. The first-order valence-electron chi connectivity index (χ1n) is 8.31. The van der Waals surface area contributed by atoms with Crippen LogP contribution in [0.2, 0.25) is 0 Å². The van der Waals surface area contributed by atoms with Crippen LogP contribution in [0.15, 0.2) is 90.0 Å². The molecule has 4 aromatic rings. The summed E-state index contributed by atoms with van der Waals surface area (Å²) in [6, 6.07) is 22.7. The zero-order valence-corrected chi connectivity index (χ0v) is 15.4. The van der Waals surface area contributed by atoms with Crippen molar-refractivity contribution >= 4 is 20.9 Å². The first kappa shape index (κ1) is 17.2. The van der Waals surface area contributed by atoms with Gasteiger partial charge in [0.2, 0.25) is 0 Å². The summed E-state index contributed by atoms with van der Waals surface area (Å²) < 4.78 is 38.2. The minimum atomic E-state index is -3.68. The molecular formula is C21H17NO4S. The molecule has 0 saturated carbocycles. The first-order valence-corrected chi connectivity index (χ1v) is 9.75. The van der Waals surface area contributed by atoms with Gasteiger partial charge < -0.3 is 9.47 Å². The maximum absolute atomic E-state index is 13.0. The lowest BCUT2D eigenvalue weighted by atomic mass is 10.2. The van der Waals surface area contributed by atoms with E-state index in [4.69, 9.17) is 9.47 Å². The van der Waals surface area contributed by atoms with Crippen molar-refractivity contribution in [2.24, 2.45) is 0 Å². The summed E-state index contributed by atoms with van der Waals surface area (Å²) in [4.78, 5) is 0.240. The Morgan fingerprint density at radius 1 is 0.778 bits per heavy atom. The van der Waals surface area contributed by atoms with E-state index in [0.717, 1.165) is 11.1 Å². The number of aromatic nitrogens is 1. The van der Waals surface area contributed by atoms with Gasteiger partial charge in [0.25, 0.3) is 10.0 Å². The van der Waals surface area contributed by atoms with Crippen molar-refractivity contribution in [1.82, 2.24) is 3.97 Å². The molecule has 1 heterocycles. The lowest BCUT2D eigenvalue weighted by molar-refractivity contribution is 0.413. The topological polar surface area (TPSA) is 57.5 Å². The maximum atomic E-state index is 13.0. The van der Waals surface area contributed by atoms with Crippen molar-refractivity contribution in [1.29, 1.82) is 0 Å². The molecule has 3 aromatic carbocycles. The van der Waals surface area contributed by atoms with Crippen LogP contribution < -0.4 is 9.47 Å². The number of ether oxygens (including phenoxy) is 2. The lowest BCUT2D eigenvalue weighted by Gasteiger charge is -2.10. The Morgan fingerprint density at radius 2 is 1.44 bits per heavy atom. The zero-order chi connectivity index (χ0) is 18.9. The van der Waals surface area contributed by atoms with Gasteiger partial charge in [-0.25, -0.2) is 12.4 Å².